The number of anilines is 1. The average Bonchev–Trinajstić information content (AvgIpc) is 2.79. The molecule has 0 radical (unpaired) electrons. The highest BCUT2D eigenvalue weighted by Crippen LogP contribution is 2.32. The minimum absolute atomic E-state index is 0.0775. The molecule has 0 aliphatic carbocycles. The van der Waals surface area contributed by atoms with E-state index in [4.69, 9.17) is 14.7 Å². The number of nitrogens with zero attached hydrogens (tertiary/aromatic N) is 2. The minimum atomic E-state index is -0.501. The summed E-state index contributed by atoms with van der Waals surface area (Å²) in [5.41, 5.74) is 1.24. The summed E-state index contributed by atoms with van der Waals surface area (Å²) in [6, 6.07) is 19.7. The maximum Gasteiger partial charge on any atom is 0.276 e. The van der Waals surface area contributed by atoms with Crippen LogP contribution in [0, 0.1) is 21.4 Å². The van der Waals surface area contributed by atoms with Gasteiger partial charge in [-0.15, -0.1) is 0 Å². The third-order valence-electron chi connectivity index (χ3n) is 4.19. The average molecular weight is 415 g/mol. The molecule has 3 aromatic carbocycles. The lowest BCUT2D eigenvalue weighted by molar-refractivity contribution is -0.385. The molecule has 1 N–H and O–H groups in total. The highest BCUT2D eigenvalue weighted by atomic mass is 16.6. The molecule has 0 bridgehead atoms. The van der Waals surface area contributed by atoms with Gasteiger partial charge in [-0.25, -0.2) is 0 Å². The van der Waals surface area contributed by atoms with E-state index in [-0.39, 0.29) is 5.69 Å². The maximum absolute atomic E-state index is 12.1. The molecule has 8 nitrogen and oxygen atoms in total. The van der Waals surface area contributed by atoms with E-state index in [1.165, 1.54) is 25.3 Å². The molecule has 0 atom stereocenters. The van der Waals surface area contributed by atoms with Crippen LogP contribution in [0.2, 0.25) is 0 Å². The first-order chi connectivity index (χ1) is 15.0. The molecule has 8 heteroatoms. The van der Waals surface area contributed by atoms with E-state index in [1.54, 1.807) is 60.7 Å². The summed E-state index contributed by atoms with van der Waals surface area (Å²) >= 11 is 0. The number of carbonyl (C=O) groups excluding carboxylic acids is 1. The van der Waals surface area contributed by atoms with Crippen LogP contribution in [0.5, 0.6) is 17.2 Å². The van der Waals surface area contributed by atoms with Crippen molar-refractivity contribution in [3.05, 3.63) is 94.0 Å². The second-order valence-corrected chi connectivity index (χ2v) is 6.24. The predicted octanol–water partition coefficient (Wildman–Crippen LogP) is 4.92. The van der Waals surface area contributed by atoms with Crippen molar-refractivity contribution < 1.29 is 19.2 Å². The Balaban J connectivity index is 1.65. The molecule has 154 valence electrons. The van der Waals surface area contributed by atoms with Crippen molar-refractivity contribution >= 4 is 23.4 Å². The van der Waals surface area contributed by atoms with E-state index in [1.807, 2.05) is 6.07 Å². The monoisotopic (exact) mass is 415 g/mol. The Bertz CT molecular complexity index is 1180. The lowest BCUT2D eigenvalue weighted by Gasteiger charge is -2.11. The lowest BCUT2D eigenvalue weighted by Crippen LogP contribution is -2.07. The Kier molecular flexibility index (Phi) is 6.60. The number of ether oxygens (including phenoxy) is 2. The molecule has 0 aromatic heterocycles. The number of nitrogens with one attached hydrogen (secondary N) is 1. The first-order valence-electron chi connectivity index (χ1n) is 9.08. The van der Waals surface area contributed by atoms with Crippen LogP contribution in [-0.2, 0) is 4.79 Å². The molecule has 3 aromatic rings. The molecule has 0 unspecified atom stereocenters. The highest BCUT2D eigenvalue weighted by Gasteiger charge is 2.10. The SMILES string of the molecule is COc1cc(C#N)ccc1Oc1ccc(NC(=O)C=Cc2ccccc2[N+](=O)[O-])cc1. The number of benzene rings is 3. The quantitative estimate of drug-likeness (QED) is 0.333. The molecule has 0 fully saturated rings. The minimum Gasteiger partial charge on any atom is -0.493 e. The number of amides is 1. The molecule has 1 amide bonds. The number of para-hydroxylation sites is 1. The van der Waals surface area contributed by atoms with Gasteiger partial charge in [0, 0.05) is 23.9 Å². The topological polar surface area (TPSA) is 114 Å². The van der Waals surface area contributed by atoms with Crippen LogP contribution in [0.15, 0.2) is 72.8 Å². The first-order valence-corrected chi connectivity index (χ1v) is 9.08. The van der Waals surface area contributed by atoms with Crippen molar-refractivity contribution in [2.24, 2.45) is 0 Å². The molecule has 0 heterocycles. The molecule has 3 rings (SSSR count). The van der Waals surface area contributed by atoms with Crippen LogP contribution in [0.4, 0.5) is 11.4 Å². The fraction of sp³-hybridized carbons (Fsp3) is 0.0435. The fourth-order valence-corrected chi connectivity index (χ4v) is 2.70. The number of hydrogen-bond donors (Lipinski definition) is 1. The Morgan fingerprint density at radius 1 is 1.10 bits per heavy atom. The molecule has 31 heavy (non-hydrogen) atoms. The Labute approximate surface area is 178 Å². The van der Waals surface area contributed by atoms with Crippen LogP contribution >= 0.6 is 0 Å². The van der Waals surface area contributed by atoms with E-state index in [0.29, 0.717) is 34.1 Å². The normalized spacial score (nSPS) is 10.3. The number of methoxy groups -OCH3 is 1. The third kappa shape index (κ3) is 5.46. The van der Waals surface area contributed by atoms with E-state index in [2.05, 4.69) is 5.32 Å². The third-order valence-corrected chi connectivity index (χ3v) is 4.19. The standard InChI is InChI=1S/C23H17N3O5/c1-30-22-14-16(15-24)6-12-21(22)31-19-10-8-18(9-11-19)25-23(27)13-7-17-4-2-3-5-20(17)26(28)29/h2-14H,1H3,(H,25,27). The van der Waals surface area contributed by atoms with Crippen LogP contribution in [-0.4, -0.2) is 17.9 Å². The summed E-state index contributed by atoms with van der Waals surface area (Å²) in [6.07, 6.45) is 2.62. The Morgan fingerprint density at radius 3 is 2.52 bits per heavy atom. The molecule has 0 aliphatic heterocycles. The number of carbonyl (C=O) groups is 1. The van der Waals surface area contributed by atoms with Crippen molar-refractivity contribution in [2.45, 2.75) is 0 Å². The zero-order valence-electron chi connectivity index (χ0n) is 16.4. The highest BCUT2D eigenvalue weighted by molar-refractivity contribution is 6.02. The van der Waals surface area contributed by atoms with Gasteiger partial charge in [-0.1, -0.05) is 12.1 Å². The smallest absolute Gasteiger partial charge is 0.276 e. The fourth-order valence-electron chi connectivity index (χ4n) is 2.70. The van der Waals surface area contributed by atoms with E-state index >= 15 is 0 Å². The van der Waals surface area contributed by atoms with E-state index in [9.17, 15) is 14.9 Å². The Hall–Kier alpha value is -4.64. The van der Waals surface area contributed by atoms with Gasteiger partial charge in [0.05, 0.1) is 29.2 Å². The number of hydrogen-bond acceptors (Lipinski definition) is 6. The number of nitriles is 1. The van der Waals surface area contributed by atoms with Crippen molar-refractivity contribution in [1.29, 1.82) is 5.26 Å². The molecular formula is C23H17N3O5. The lowest BCUT2D eigenvalue weighted by atomic mass is 10.1. The van der Waals surface area contributed by atoms with Crippen LogP contribution in [0.25, 0.3) is 6.08 Å². The van der Waals surface area contributed by atoms with Crippen LogP contribution in [0.1, 0.15) is 11.1 Å². The largest absolute Gasteiger partial charge is 0.493 e. The van der Waals surface area contributed by atoms with Gasteiger partial charge in [-0.05, 0) is 48.5 Å². The molecule has 0 aliphatic rings. The van der Waals surface area contributed by atoms with E-state index < -0.39 is 10.8 Å². The number of nitro benzene ring substituents is 1. The van der Waals surface area contributed by atoms with E-state index in [0.717, 1.165) is 0 Å². The summed E-state index contributed by atoms with van der Waals surface area (Å²) in [5.74, 6) is 0.958. The van der Waals surface area contributed by atoms with Gasteiger partial charge >= 0.3 is 0 Å². The van der Waals surface area contributed by atoms with Gasteiger partial charge in [0.2, 0.25) is 5.91 Å². The second-order valence-electron chi connectivity index (χ2n) is 6.24. The summed E-state index contributed by atoms with van der Waals surface area (Å²) < 4.78 is 11.0. The van der Waals surface area contributed by atoms with Gasteiger partial charge in [-0.3, -0.25) is 14.9 Å². The number of rotatable bonds is 7. The number of nitro groups is 1. The molecule has 0 saturated carbocycles. The van der Waals surface area contributed by atoms with Gasteiger partial charge in [-0.2, -0.15) is 5.26 Å². The van der Waals surface area contributed by atoms with Gasteiger partial charge in [0.15, 0.2) is 11.5 Å². The second kappa shape index (κ2) is 9.71. The zero-order valence-corrected chi connectivity index (χ0v) is 16.4. The van der Waals surface area contributed by atoms with Gasteiger partial charge in [0.25, 0.3) is 5.69 Å². The predicted molar refractivity (Wildman–Crippen MR) is 115 cm³/mol. The molecule has 0 saturated heterocycles. The van der Waals surface area contributed by atoms with Gasteiger partial charge in [0.1, 0.15) is 5.75 Å². The summed E-state index contributed by atoms with van der Waals surface area (Å²) in [6.45, 7) is 0. The summed E-state index contributed by atoms with van der Waals surface area (Å²) in [4.78, 5) is 22.7. The maximum atomic E-state index is 12.1. The van der Waals surface area contributed by atoms with Crippen molar-refractivity contribution in [2.75, 3.05) is 12.4 Å². The van der Waals surface area contributed by atoms with Crippen LogP contribution in [0.3, 0.4) is 0 Å². The van der Waals surface area contributed by atoms with Crippen LogP contribution < -0.4 is 14.8 Å². The molecular weight excluding hydrogens is 398 g/mol. The molecule has 0 spiro atoms. The van der Waals surface area contributed by atoms with Crippen molar-refractivity contribution in [3.8, 4) is 23.3 Å². The van der Waals surface area contributed by atoms with Crippen molar-refractivity contribution in [3.63, 3.8) is 0 Å². The summed E-state index contributed by atoms with van der Waals surface area (Å²) in [7, 11) is 1.49. The van der Waals surface area contributed by atoms with Gasteiger partial charge < -0.3 is 14.8 Å². The van der Waals surface area contributed by atoms with Crippen molar-refractivity contribution in [1.82, 2.24) is 0 Å². The zero-order chi connectivity index (χ0) is 22.2. The Morgan fingerprint density at radius 2 is 1.84 bits per heavy atom. The summed E-state index contributed by atoms with van der Waals surface area (Å²) in [5, 5.41) is 22.7. The first kappa shape index (κ1) is 21.1.